The Kier molecular flexibility index (Phi) is 3.24. The van der Waals surface area contributed by atoms with Gasteiger partial charge in [-0.1, -0.05) is 12.1 Å². The van der Waals surface area contributed by atoms with Gasteiger partial charge in [0.05, 0.1) is 17.6 Å². The van der Waals surface area contributed by atoms with Crippen molar-refractivity contribution in [3.8, 4) is 22.6 Å². The summed E-state index contributed by atoms with van der Waals surface area (Å²) >= 11 is 0. The van der Waals surface area contributed by atoms with E-state index in [1.54, 1.807) is 16.7 Å². The smallest absolute Gasteiger partial charge is 0.158 e. The predicted molar refractivity (Wildman–Crippen MR) is 85.5 cm³/mol. The molecule has 24 heavy (non-hydrogen) atoms. The summed E-state index contributed by atoms with van der Waals surface area (Å²) < 4.78 is 1.69. The molecule has 3 aromatic rings. The highest BCUT2D eigenvalue weighted by molar-refractivity contribution is 5.83. The van der Waals surface area contributed by atoms with Crippen LogP contribution in [-0.4, -0.2) is 47.3 Å². The third-order valence-corrected chi connectivity index (χ3v) is 4.44. The average molecular weight is 328 g/mol. The van der Waals surface area contributed by atoms with Gasteiger partial charge in [0, 0.05) is 0 Å². The molecule has 0 fully saturated rings. The molecule has 1 aliphatic rings. The third kappa shape index (κ3) is 2.14. The molecule has 7 heteroatoms. The van der Waals surface area contributed by atoms with Crippen molar-refractivity contribution in [2.45, 2.75) is 24.9 Å². The van der Waals surface area contributed by atoms with Crippen LogP contribution < -0.4 is 0 Å². The van der Waals surface area contributed by atoms with Crippen molar-refractivity contribution in [2.75, 3.05) is 0 Å². The van der Waals surface area contributed by atoms with Crippen molar-refractivity contribution >= 4 is 11.0 Å². The maximum absolute atomic E-state index is 10.1. The molecule has 0 unspecified atom stereocenters. The van der Waals surface area contributed by atoms with Gasteiger partial charge in [0.25, 0.3) is 0 Å². The predicted octanol–water partition coefficient (Wildman–Crippen LogP) is 0.883. The zero-order valence-electron chi connectivity index (χ0n) is 12.5. The SMILES string of the molecule is Oc1ccc(-c2ccc3c(c2)nc2n3C[C@@H](O)[C@@H](O)[C@H]2O)cc1O. The molecule has 124 valence electrons. The number of aliphatic hydroxyl groups is 3. The fraction of sp³-hybridized carbons (Fsp3) is 0.235. The van der Waals surface area contributed by atoms with Crippen molar-refractivity contribution in [2.24, 2.45) is 0 Å². The van der Waals surface area contributed by atoms with Gasteiger partial charge in [-0.25, -0.2) is 4.98 Å². The number of fused-ring (bicyclic) bond motifs is 3. The van der Waals surface area contributed by atoms with Gasteiger partial charge in [-0.05, 0) is 35.4 Å². The van der Waals surface area contributed by atoms with E-state index in [-0.39, 0.29) is 18.0 Å². The largest absolute Gasteiger partial charge is 0.504 e. The van der Waals surface area contributed by atoms with Crippen LogP contribution in [0.3, 0.4) is 0 Å². The molecule has 0 radical (unpaired) electrons. The van der Waals surface area contributed by atoms with E-state index in [0.717, 1.165) is 11.1 Å². The quantitative estimate of drug-likeness (QED) is 0.423. The van der Waals surface area contributed by atoms with Crippen LogP contribution in [0.4, 0.5) is 0 Å². The van der Waals surface area contributed by atoms with E-state index in [4.69, 9.17) is 0 Å². The first-order chi connectivity index (χ1) is 11.5. The molecule has 1 aliphatic heterocycles. The molecule has 3 atom stereocenters. The number of aliphatic hydroxyl groups excluding tert-OH is 3. The second-order valence-electron chi connectivity index (χ2n) is 5.99. The summed E-state index contributed by atoms with van der Waals surface area (Å²) in [4.78, 5) is 4.38. The van der Waals surface area contributed by atoms with E-state index in [1.807, 2.05) is 12.1 Å². The number of phenols is 2. The molecule has 2 heterocycles. The summed E-state index contributed by atoms with van der Waals surface area (Å²) in [6.45, 7) is 0.156. The minimum absolute atomic E-state index is 0.156. The normalized spacial score (nSPS) is 23.4. The molecule has 4 rings (SSSR count). The lowest BCUT2D eigenvalue weighted by molar-refractivity contribution is -0.0846. The molecule has 5 N–H and O–H groups in total. The molecule has 0 bridgehead atoms. The first-order valence-corrected chi connectivity index (χ1v) is 7.52. The molecule has 1 aromatic heterocycles. The Labute approximate surface area is 136 Å². The number of aromatic hydroxyl groups is 2. The highest BCUT2D eigenvalue weighted by Gasteiger charge is 2.35. The van der Waals surface area contributed by atoms with Crippen LogP contribution in [-0.2, 0) is 6.54 Å². The average Bonchev–Trinajstić information content (AvgIpc) is 2.93. The summed E-state index contributed by atoms with van der Waals surface area (Å²) in [5.41, 5.74) is 2.83. The summed E-state index contributed by atoms with van der Waals surface area (Å²) in [6, 6.07) is 9.96. The standard InChI is InChI=1S/C17H16N2O5/c20-12-4-2-9(6-13(12)21)8-1-3-11-10(5-8)18-17-16(24)15(23)14(22)7-19(11)17/h1-6,14-16,20-24H,7H2/t14-,15-,16-/m1/s1. The number of phenolic OH excluding ortho intramolecular Hbond substituents is 2. The van der Waals surface area contributed by atoms with Gasteiger partial charge in [0.2, 0.25) is 0 Å². The summed E-state index contributed by atoms with van der Waals surface area (Å²) in [5.74, 6) is -0.0877. The van der Waals surface area contributed by atoms with Crippen LogP contribution in [0.25, 0.3) is 22.2 Å². The molecule has 0 spiro atoms. The second kappa shape index (κ2) is 5.20. The van der Waals surface area contributed by atoms with Crippen molar-refractivity contribution in [1.82, 2.24) is 9.55 Å². The van der Waals surface area contributed by atoms with Crippen LogP contribution in [0.5, 0.6) is 11.5 Å². The Morgan fingerprint density at radius 3 is 2.38 bits per heavy atom. The highest BCUT2D eigenvalue weighted by atomic mass is 16.4. The first-order valence-electron chi connectivity index (χ1n) is 7.52. The Bertz CT molecular complexity index is 936. The fourth-order valence-electron chi connectivity index (χ4n) is 3.11. The molecule has 7 nitrogen and oxygen atoms in total. The van der Waals surface area contributed by atoms with Crippen LogP contribution in [0, 0.1) is 0 Å². The summed E-state index contributed by atoms with van der Waals surface area (Å²) in [5, 5.41) is 48.8. The van der Waals surface area contributed by atoms with Gasteiger partial charge >= 0.3 is 0 Å². The van der Waals surface area contributed by atoms with Crippen molar-refractivity contribution in [1.29, 1.82) is 0 Å². The Morgan fingerprint density at radius 2 is 1.62 bits per heavy atom. The van der Waals surface area contributed by atoms with Gasteiger partial charge in [-0.15, -0.1) is 0 Å². The van der Waals surface area contributed by atoms with Crippen LogP contribution in [0.2, 0.25) is 0 Å². The zero-order chi connectivity index (χ0) is 17.0. The van der Waals surface area contributed by atoms with E-state index in [0.29, 0.717) is 16.9 Å². The third-order valence-electron chi connectivity index (χ3n) is 4.44. The topological polar surface area (TPSA) is 119 Å². The highest BCUT2D eigenvalue weighted by Crippen LogP contribution is 2.34. The van der Waals surface area contributed by atoms with Crippen molar-refractivity contribution < 1.29 is 25.5 Å². The Balaban J connectivity index is 1.84. The lowest BCUT2D eigenvalue weighted by Gasteiger charge is -2.29. The molecular formula is C17H16N2O5. The lowest BCUT2D eigenvalue weighted by Crippen LogP contribution is -2.41. The van der Waals surface area contributed by atoms with Crippen LogP contribution in [0.15, 0.2) is 36.4 Å². The Hall–Kier alpha value is -2.61. The second-order valence-corrected chi connectivity index (χ2v) is 5.99. The van der Waals surface area contributed by atoms with Gasteiger partial charge in [-0.3, -0.25) is 0 Å². The van der Waals surface area contributed by atoms with Gasteiger partial charge in [0.15, 0.2) is 11.5 Å². The number of nitrogens with zero attached hydrogens (tertiary/aromatic N) is 2. The van der Waals surface area contributed by atoms with E-state index < -0.39 is 18.3 Å². The van der Waals surface area contributed by atoms with Gasteiger partial charge in [0.1, 0.15) is 24.1 Å². The molecule has 0 amide bonds. The van der Waals surface area contributed by atoms with E-state index in [2.05, 4.69) is 4.98 Å². The monoisotopic (exact) mass is 328 g/mol. The molecular weight excluding hydrogens is 312 g/mol. The molecule has 0 saturated heterocycles. The number of aromatic nitrogens is 2. The first kappa shape index (κ1) is 14.9. The number of rotatable bonds is 1. The van der Waals surface area contributed by atoms with E-state index in [1.165, 1.54) is 12.1 Å². The molecule has 0 aliphatic carbocycles. The van der Waals surface area contributed by atoms with Crippen LogP contribution in [0.1, 0.15) is 11.9 Å². The summed E-state index contributed by atoms with van der Waals surface area (Å²) in [7, 11) is 0. The summed E-state index contributed by atoms with van der Waals surface area (Å²) in [6.07, 6.45) is -3.57. The Morgan fingerprint density at radius 1 is 0.917 bits per heavy atom. The maximum Gasteiger partial charge on any atom is 0.158 e. The van der Waals surface area contributed by atoms with Crippen molar-refractivity contribution in [3.05, 3.63) is 42.2 Å². The minimum atomic E-state index is -1.26. The maximum atomic E-state index is 10.1. The van der Waals surface area contributed by atoms with E-state index >= 15 is 0 Å². The number of hydrogen-bond acceptors (Lipinski definition) is 6. The minimum Gasteiger partial charge on any atom is -0.504 e. The fourth-order valence-corrected chi connectivity index (χ4v) is 3.11. The molecule has 0 saturated carbocycles. The van der Waals surface area contributed by atoms with Gasteiger partial charge in [-0.2, -0.15) is 0 Å². The lowest BCUT2D eigenvalue weighted by atomic mass is 10.0. The van der Waals surface area contributed by atoms with Crippen LogP contribution >= 0.6 is 0 Å². The van der Waals surface area contributed by atoms with Crippen molar-refractivity contribution in [3.63, 3.8) is 0 Å². The zero-order valence-corrected chi connectivity index (χ0v) is 12.5. The van der Waals surface area contributed by atoms with E-state index in [9.17, 15) is 25.5 Å². The number of benzene rings is 2. The number of hydrogen-bond donors (Lipinski definition) is 5. The molecule has 2 aromatic carbocycles. The number of imidazole rings is 1. The van der Waals surface area contributed by atoms with Gasteiger partial charge < -0.3 is 30.1 Å².